The lowest BCUT2D eigenvalue weighted by Crippen LogP contribution is -2.09. The van der Waals surface area contributed by atoms with Crippen molar-refractivity contribution < 1.29 is 0 Å². The summed E-state index contributed by atoms with van der Waals surface area (Å²) in [6.45, 7) is 11.0. The Bertz CT molecular complexity index is 856. The third-order valence-corrected chi connectivity index (χ3v) is 5.15. The molecule has 130 valence electrons. The Labute approximate surface area is 151 Å². The van der Waals surface area contributed by atoms with E-state index >= 15 is 0 Å². The molecule has 25 heavy (non-hydrogen) atoms. The van der Waals surface area contributed by atoms with Gasteiger partial charge >= 0.3 is 0 Å². The summed E-state index contributed by atoms with van der Waals surface area (Å²) in [5.74, 6) is 2.36. The normalized spacial score (nSPS) is 20.3. The van der Waals surface area contributed by atoms with Crippen molar-refractivity contribution >= 4 is 10.9 Å². The number of nitrogens with zero attached hydrogens (tertiary/aromatic N) is 2. The summed E-state index contributed by atoms with van der Waals surface area (Å²) >= 11 is 0. The molecule has 1 aromatic carbocycles. The van der Waals surface area contributed by atoms with E-state index in [-0.39, 0.29) is 0 Å². The maximum atomic E-state index is 4.79. The van der Waals surface area contributed by atoms with E-state index in [1.807, 2.05) is 6.20 Å². The molecule has 0 spiro atoms. The van der Waals surface area contributed by atoms with Crippen LogP contribution in [0.1, 0.15) is 51.9 Å². The number of rotatable bonds is 4. The van der Waals surface area contributed by atoms with Crippen molar-refractivity contribution in [2.45, 2.75) is 47.0 Å². The molecule has 1 aliphatic carbocycles. The van der Waals surface area contributed by atoms with Crippen LogP contribution < -0.4 is 0 Å². The van der Waals surface area contributed by atoms with Gasteiger partial charge in [0.15, 0.2) is 0 Å². The second kappa shape index (κ2) is 7.35. The molecule has 1 aromatic heterocycles. The molecule has 3 rings (SSSR count). The molecule has 0 saturated heterocycles. The van der Waals surface area contributed by atoms with Crippen molar-refractivity contribution in [2.75, 3.05) is 0 Å². The predicted octanol–water partition coefficient (Wildman–Crippen LogP) is 6.01. The Kier molecular flexibility index (Phi) is 5.17. The third kappa shape index (κ3) is 3.89. The highest BCUT2D eigenvalue weighted by molar-refractivity contribution is 5.78. The van der Waals surface area contributed by atoms with E-state index in [4.69, 9.17) is 4.98 Å². The summed E-state index contributed by atoms with van der Waals surface area (Å²) in [4.78, 5) is 9.41. The highest BCUT2D eigenvalue weighted by Crippen LogP contribution is 2.27. The molecule has 2 heteroatoms. The number of hydrogen-bond donors (Lipinski definition) is 0. The standard InChI is InChI=1S/C23H28N2/c1-6-18-12-20(8-7-16(18)4)17(5)11-23-24-14-21-13-19(15(2)3)9-10-22(21)25-23/h6-10,12-17H,11H2,1-5H3. The fraction of sp³-hybridized carbons (Fsp3) is 0.391. The van der Waals surface area contributed by atoms with E-state index in [9.17, 15) is 0 Å². The molecule has 1 aliphatic rings. The maximum Gasteiger partial charge on any atom is 0.129 e. The van der Waals surface area contributed by atoms with Gasteiger partial charge in [-0.3, -0.25) is 0 Å². The Morgan fingerprint density at radius 2 is 2.00 bits per heavy atom. The molecule has 0 saturated carbocycles. The van der Waals surface area contributed by atoms with Gasteiger partial charge in [-0.15, -0.1) is 0 Å². The first-order chi connectivity index (χ1) is 12.0. The van der Waals surface area contributed by atoms with Gasteiger partial charge in [-0.1, -0.05) is 58.1 Å². The van der Waals surface area contributed by atoms with Gasteiger partial charge in [0.2, 0.25) is 0 Å². The fourth-order valence-electron chi connectivity index (χ4n) is 3.33. The second-order valence-corrected chi connectivity index (χ2v) is 7.45. The van der Waals surface area contributed by atoms with Crippen LogP contribution in [0.4, 0.5) is 0 Å². The molecule has 0 bridgehead atoms. The highest BCUT2D eigenvalue weighted by atomic mass is 14.9. The number of benzene rings is 1. The Hall–Kier alpha value is -2.22. The van der Waals surface area contributed by atoms with E-state index in [0.717, 1.165) is 23.1 Å². The molecule has 0 fully saturated rings. The van der Waals surface area contributed by atoms with E-state index in [0.29, 0.717) is 17.8 Å². The predicted molar refractivity (Wildman–Crippen MR) is 107 cm³/mol. The average molecular weight is 332 g/mol. The van der Waals surface area contributed by atoms with Gasteiger partial charge in [0.1, 0.15) is 5.82 Å². The number of allylic oxidation sites excluding steroid dienone is 6. The Morgan fingerprint density at radius 3 is 2.72 bits per heavy atom. The lowest BCUT2D eigenvalue weighted by Gasteiger charge is -2.20. The van der Waals surface area contributed by atoms with Crippen molar-refractivity contribution in [1.29, 1.82) is 0 Å². The second-order valence-electron chi connectivity index (χ2n) is 7.45. The van der Waals surface area contributed by atoms with Crippen molar-refractivity contribution in [3.63, 3.8) is 0 Å². The van der Waals surface area contributed by atoms with Crippen molar-refractivity contribution in [2.24, 2.45) is 11.8 Å². The quantitative estimate of drug-likeness (QED) is 0.685. The fourth-order valence-corrected chi connectivity index (χ4v) is 3.33. The van der Waals surface area contributed by atoms with Crippen LogP contribution in [0.2, 0.25) is 0 Å². The van der Waals surface area contributed by atoms with Crippen LogP contribution in [-0.4, -0.2) is 9.97 Å². The minimum absolute atomic E-state index is 0.408. The third-order valence-electron chi connectivity index (χ3n) is 5.15. The van der Waals surface area contributed by atoms with Crippen LogP contribution in [0.3, 0.4) is 0 Å². The Morgan fingerprint density at radius 1 is 1.20 bits per heavy atom. The van der Waals surface area contributed by atoms with Crippen LogP contribution >= 0.6 is 0 Å². The first-order valence-electron chi connectivity index (χ1n) is 9.29. The monoisotopic (exact) mass is 332 g/mol. The zero-order valence-electron chi connectivity index (χ0n) is 16.0. The molecule has 2 aromatic rings. The summed E-state index contributed by atoms with van der Waals surface area (Å²) in [5, 5.41) is 1.13. The van der Waals surface area contributed by atoms with Crippen LogP contribution in [0.15, 0.2) is 59.8 Å². The average Bonchev–Trinajstić information content (AvgIpc) is 2.61. The topological polar surface area (TPSA) is 25.8 Å². The van der Waals surface area contributed by atoms with Crippen LogP contribution in [-0.2, 0) is 6.42 Å². The first kappa shape index (κ1) is 17.6. The van der Waals surface area contributed by atoms with Gasteiger partial charge in [-0.05, 0) is 53.5 Å². The molecule has 0 radical (unpaired) electrons. The minimum Gasteiger partial charge on any atom is -0.241 e. The number of hydrogen-bond acceptors (Lipinski definition) is 2. The summed E-state index contributed by atoms with van der Waals surface area (Å²) in [6.07, 6.45) is 11.9. The summed E-state index contributed by atoms with van der Waals surface area (Å²) in [7, 11) is 0. The zero-order chi connectivity index (χ0) is 18.0. The molecule has 2 atom stereocenters. The molecule has 0 aliphatic heterocycles. The maximum absolute atomic E-state index is 4.79. The summed E-state index contributed by atoms with van der Waals surface area (Å²) in [6, 6.07) is 6.51. The van der Waals surface area contributed by atoms with Crippen LogP contribution in [0.5, 0.6) is 0 Å². The molecule has 2 nitrogen and oxygen atoms in total. The van der Waals surface area contributed by atoms with Crippen LogP contribution in [0, 0.1) is 11.8 Å². The number of fused-ring (bicyclic) bond motifs is 1. The van der Waals surface area contributed by atoms with E-state index < -0.39 is 0 Å². The largest absolute Gasteiger partial charge is 0.241 e. The first-order valence-corrected chi connectivity index (χ1v) is 9.29. The van der Waals surface area contributed by atoms with Gasteiger partial charge in [0.05, 0.1) is 5.52 Å². The molecular formula is C23H28N2. The molecular weight excluding hydrogens is 304 g/mol. The van der Waals surface area contributed by atoms with Crippen LogP contribution in [0.25, 0.3) is 10.9 Å². The van der Waals surface area contributed by atoms with Gasteiger partial charge in [0, 0.05) is 18.0 Å². The Balaban J connectivity index is 1.81. The van der Waals surface area contributed by atoms with Crippen molar-refractivity contribution in [1.82, 2.24) is 9.97 Å². The number of aromatic nitrogens is 2. The minimum atomic E-state index is 0.408. The summed E-state index contributed by atoms with van der Waals surface area (Å²) in [5.41, 5.74) is 5.13. The summed E-state index contributed by atoms with van der Waals surface area (Å²) < 4.78 is 0. The highest BCUT2D eigenvalue weighted by Gasteiger charge is 2.15. The lowest BCUT2D eigenvalue weighted by molar-refractivity contribution is 0.657. The van der Waals surface area contributed by atoms with Gasteiger partial charge in [-0.2, -0.15) is 0 Å². The SMILES string of the molecule is CC=C1C=C(C(C)Cc2ncc3cc(C(C)C)ccc3n2)C=CC1C. The van der Waals surface area contributed by atoms with Crippen molar-refractivity contribution in [3.05, 3.63) is 71.2 Å². The molecule has 0 amide bonds. The van der Waals surface area contributed by atoms with Gasteiger partial charge in [0.25, 0.3) is 0 Å². The van der Waals surface area contributed by atoms with Gasteiger partial charge < -0.3 is 0 Å². The van der Waals surface area contributed by atoms with E-state index in [2.05, 4.69) is 82.1 Å². The molecule has 0 N–H and O–H groups in total. The lowest BCUT2D eigenvalue weighted by atomic mass is 9.86. The molecule has 1 heterocycles. The zero-order valence-corrected chi connectivity index (χ0v) is 16.0. The molecule has 2 unspecified atom stereocenters. The van der Waals surface area contributed by atoms with Gasteiger partial charge in [-0.25, -0.2) is 9.97 Å². The van der Waals surface area contributed by atoms with E-state index in [1.54, 1.807) is 0 Å². The smallest absolute Gasteiger partial charge is 0.129 e. The van der Waals surface area contributed by atoms with E-state index in [1.165, 1.54) is 16.7 Å². The van der Waals surface area contributed by atoms with Crippen molar-refractivity contribution in [3.8, 4) is 0 Å².